The van der Waals surface area contributed by atoms with E-state index in [0.717, 1.165) is 11.1 Å². The molecule has 1 heterocycles. The van der Waals surface area contributed by atoms with Crippen LogP contribution in [-0.4, -0.2) is 34.6 Å². The lowest BCUT2D eigenvalue weighted by atomic mass is 10.1. The summed E-state index contributed by atoms with van der Waals surface area (Å²) in [7, 11) is -2.27. The zero-order chi connectivity index (χ0) is 18.9. The highest BCUT2D eigenvalue weighted by molar-refractivity contribution is 7.92. The second-order valence-electron chi connectivity index (χ2n) is 6.01. The molecule has 0 aromatic heterocycles. The second-order valence-corrected chi connectivity index (χ2v) is 7.69. The van der Waals surface area contributed by atoms with Gasteiger partial charge in [-0.15, -0.1) is 0 Å². The van der Waals surface area contributed by atoms with E-state index in [4.69, 9.17) is 9.47 Å². The molecule has 0 unspecified atom stereocenters. The van der Waals surface area contributed by atoms with Gasteiger partial charge in [-0.05, 0) is 55.3 Å². The van der Waals surface area contributed by atoms with Gasteiger partial charge in [0.05, 0.1) is 24.1 Å². The van der Waals surface area contributed by atoms with Crippen molar-refractivity contribution >= 4 is 21.6 Å². The van der Waals surface area contributed by atoms with Crippen molar-refractivity contribution < 1.29 is 22.7 Å². The Labute approximate surface area is 152 Å². The van der Waals surface area contributed by atoms with Crippen molar-refractivity contribution in [1.82, 2.24) is 5.32 Å². The number of sulfonamides is 1. The van der Waals surface area contributed by atoms with Gasteiger partial charge in [-0.2, -0.15) is 0 Å². The first kappa shape index (κ1) is 18.1. The summed E-state index contributed by atoms with van der Waals surface area (Å²) in [6, 6.07) is 7.72. The van der Waals surface area contributed by atoms with E-state index in [2.05, 4.69) is 10.0 Å². The molecule has 0 aliphatic carbocycles. The minimum absolute atomic E-state index is 0.129. The number of rotatable bonds is 4. The molecule has 2 N–H and O–H groups in total. The fraction of sp³-hybridized carbons (Fsp3) is 0.278. The summed E-state index contributed by atoms with van der Waals surface area (Å²) in [6.45, 7) is 4.34. The van der Waals surface area contributed by atoms with Crippen LogP contribution in [0.4, 0.5) is 5.69 Å². The molecule has 1 amide bonds. The standard InChI is InChI=1S/C18H20N2O5S/c1-11-8-14(9-12(2)17(11)24-3)26(22,23)20-13-4-5-16-15(10-13)18(21)19-6-7-25-16/h4-5,8-10,20H,6-7H2,1-3H3,(H,19,21). The van der Waals surface area contributed by atoms with Crippen molar-refractivity contribution in [3.05, 3.63) is 47.0 Å². The zero-order valence-electron chi connectivity index (χ0n) is 14.8. The number of carbonyl (C=O) groups is 1. The van der Waals surface area contributed by atoms with Gasteiger partial charge in [0.1, 0.15) is 18.1 Å². The van der Waals surface area contributed by atoms with Gasteiger partial charge >= 0.3 is 0 Å². The minimum atomic E-state index is -3.81. The summed E-state index contributed by atoms with van der Waals surface area (Å²) in [5, 5.41) is 2.69. The SMILES string of the molecule is COc1c(C)cc(S(=O)(=O)Nc2ccc3c(c2)C(=O)NCCO3)cc1C. The Morgan fingerprint density at radius 1 is 1.15 bits per heavy atom. The van der Waals surface area contributed by atoms with Crippen LogP contribution >= 0.6 is 0 Å². The van der Waals surface area contributed by atoms with E-state index in [9.17, 15) is 13.2 Å². The lowest BCUT2D eigenvalue weighted by Gasteiger charge is -2.14. The van der Waals surface area contributed by atoms with Gasteiger partial charge < -0.3 is 14.8 Å². The van der Waals surface area contributed by atoms with Crippen LogP contribution in [-0.2, 0) is 10.0 Å². The number of hydrogen-bond donors (Lipinski definition) is 2. The lowest BCUT2D eigenvalue weighted by Crippen LogP contribution is -2.24. The van der Waals surface area contributed by atoms with Crippen LogP contribution in [0.1, 0.15) is 21.5 Å². The van der Waals surface area contributed by atoms with E-state index in [1.54, 1.807) is 45.2 Å². The number of hydrogen-bond acceptors (Lipinski definition) is 5. The quantitative estimate of drug-likeness (QED) is 0.853. The van der Waals surface area contributed by atoms with Gasteiger partial charge in [0.25, 0.3) is 15.9 Å². The molecule has 0 fully saturated rings. The zero-order valence-corrected chi connectivity index (χ0v) is 15.6. The normalized spacial score (nSPS) is 13.9. The molecule has 0 bridgehead atoms. The number of benzene rings is 2. The summed E-state index contributed by atoms with van der Waals surface area (Å²) in [4.78, 5) is 12.2. The summed E-state index contributed by atoms with van der Waals surface area (Å²) in [5.41, 5.74) is 2.03. The maximum Gasteiger partial charge on any atom is 0.261 e. The fourth-order valence-electron chi connectivity index (χ4n) is 2.92. The molecule has 3 rings (SSSR count). The van der Waals surface area contributed by atoms with Crippen LogP contribution in [0.5, 0.6) is 11.5 Å². The van der Waals surface area contributed by atoms with Crippen molar-refractivity contribution in [2.24, 2.45) is 0 Å². The summed E-state index contributed by atoms with van der Waals surface area (Å²) >= 11 is 0. The summed E-state index contributed by atoms with van der Waals surface area (Å²) < 4.78 is 38.7. The van der Waals surface area contributed by atoms with Crippen LogP contribution in [0.25, 0.3) is 0 Å². The predicted molar refractivity (Wildman–Crippen MR) is 97.5 cm³/mol. The third-order valence-corrected chi connectivity index (χ3v) is 5.43. The first-order chi connectivity index (χ1) is 12.3. The lowest BCUT2D eigenvalue weighted by molar-refractivity contribution is 0.0957. The van der Waals surface area contributed by atoms with Gasteiger partial charge in [0.2, 0.25) is 0 Å². The minimum Gasteiger partial charge on any atom is -0.496 e. The Balaban J connectivity index is 1.94. The van der Waals surface area contributed by atoms with Gasteiger partial charge in [-0.3, -0.25) is 9.52 Å². The predicted octanol–water partition coefficient (Wildman–Crippen LogP) is 2.24. The molecule has 1 aliphatic heterocycles. The molecule has 8 heteroatoms. The number of fused-ring (bicyclic) bond motifs is 1. The molecule has 0 atom stereocenters. The average molecular weight is 376 g/mol. The number of carbonyl (C=O) groups excluding carboxylic acids is 1. The summed E-state index contributed by atoms with van der Waals surface area (Å²) in [5.74, 6) is 0.788. The third kappa shape index (κ3) is 3.45. The van der Waals surface area contributed by atoms with E-state index in [-0.39, 0.29) is 16.5 Å². The molecular weight excluding hydrogens is 356 g/mol. The van der Waals surface area contributed by atoms with E-state index in [1.807, 2.05) is 0 Å². The maximum absolute atomic E-state index is 12.7. The molecule has 0 saturated heterocycles. The first-order valence-corrected chi connectivity index (χ1v) is 9.53. The molecule has 0 radical (unpaired) electrons. The van der Waals surface area contributed by atoms with Gasteiger partial charge in [0, 0.05) is 5.69 Å². The molecule has 26 heavy (non-hydrogen) atoms. The van der Waals surface area contributed by atoms with Crippen molar-refractivity contribution in [3.8, 4) is 11.5 Å². The Hall–Kier alpha value is -2.74. The molecular formula is C18H20N2O5S. The van der Waals surface area contributed by atoms with Crippen LogP contribution in [0.15, 0.2) is 35.2 Å². The molecule has 7 nitrogen and oxygen atoms in total. The van der Waals surface area contributed by atoms with E-state index in [0.29, 0.717) is 30.2 Å². The molecule has 2 aromatic rings. The average Bonchev–Trinajstić information content (AvgIpc) is 2.76. The third-order valence-electron chi connectivity index (χ3n) is 4.07. The van der Waals surface area contributed by atoms with Crippen molar-refractivity contribution in [2.45, 2.75) is 18.7 Å². The number of methoxy groups -OCH3 is 1. The van der Waals surface area contributed by atoms with Gasteiger partial charge in [-0.25, -0.2) is 8.42 Å². The number of nitrogens with one attached hydrogen (secondary N) is 2. The Morgan fingerprint density at radius 3 is 2.50 bits per heavy atom. The van der Waals surface area contributed by atoms with Crippen LogP contribution < -0.4 is 19.5 Å². The van der Waals surface area contributed by atoms with Gasteiger partial charge in [-0.1, -0.05) is 0 Å². The topological polar surface area (TPSA) is 93.7 Å². The highest BCUT2D eigenvalue weighted by atomic mass is 32.2. The highest BCUT2D eigenvalue weighted by Crippen LogP contribution is 2.29. The van der Waals surface area contributed by atoms with E-state index >= 15 is 0 Å². The Bertz CT molecular complexity index is 947. The fourth-order valence-corrected chi connectivity index (χ4v) is 4.14. The van der Waals surface area contributed by atoms with Crippen LogP contribution in [0.2, 0.25) is 0 Å². The smallest absolute Gasteiger partial charge is 0.261 e. The van der Waals surface area contributed by atoms with Crippen molar-refractivity contribution in [3.63, 3.8) is 0 Å². The molecule has 1 aliphatic rings. The molecule has 138 valence electrons. The largest absolute Gasteiger partial charge is 0.496 e. The number of aryl methyl sites for hydroxylation is 2. The van der Waals surface area contributed by atoms with Gasteiger partial charge in [0.15, 0.2) is 0 Å². The van der Waals surface area contributed by atoms with E-state index in [1.165, 1.54) is 6.07 Å². The number of anilines is 1. The Kier molecular flexibility index (Phi) is 4.78. The highest BCUT2D eigenvalue weighted by Gasteiger charge is 2.21. The number of amides is 1. The van der Waals surface area contributed by atoms with E-state index < -0.39 is 10.0 Å². The van der Waals surface area contributed by atoms with Crippen LogP contribution in [0, 0.1) is 13.8 Å². The maximum atomic E-state index is 12.7. The first-order valence-electron chi connectivity index (χ1n) is 8.05. The number of ether oxygens (including phenoxy) is 2. The molecule has 2 aromatic carbocycles. The monoisotopic (exact) mass is 376 g/mol. The van der Waals surface area contributed by atoms with Crippen LogP contribution in [0.3, 0.4) is 0 Å². The summed E-state index contributed by atoms with van der Waals surface area (Å²) in [6.07, 6.45) is 0. The van der Waals surface area contributed by atoms with Crippen molar-refractivity contribution in [1.29, 1.82) is 0 Å². The molecule has 0 spiro atoms. The molecule has 0 saturated carbocycles. The Morgan fingerprint density at radius 2 is 1.85 bits per heavy atom. The second kappa shape index (κ2) is 6.87. The van der Waals surface area contributed by atoms with Crippen molar-refractivity contribution in [2.75, 3.05) is 25.0 Å².